The fourth-order valence-corrected chi connectivity index (χ4v) is 3.77. The second-order valence-electron chi connectivity index (χ2n) is 6.29. The van der Waals surface area contributed by atoms with Crippen molar-refractivity contribution < 1.29 is 4.79 Å². The Morgan fingerprint density at radius 1 is 1.00 bits per heavy atom. The van der Waals surface area contributed by atoms with E-state index >= 15 is 0 Å². The Morgan fingerprint density at radius 3 is 2.55 bits per heavy atom. The molecular weight excluding hydrogens is 406 g/mol. The van der Waals surface area contributed by atoms with Crippen LogP contribution in [0.25, 0.3) is 5.95 Å². The van der Waals surface area contributed by atoms with E-state index in [1.165, 1.54) is 11.8 Å². The van der Waals surface area contributed by atoms with Gasteiger partial charge in [0, 0.05) is 23.1 Å². The van der Waals surface area contributed by atoms with Crippen molar-refractivity contribution in [2.24, 2.45) is 0 Å². The molecule has 1 N–H and O–H groups in total. The molecule has 4 rings (SSSR count). The van der Waals surface area contributed by atoms with Gasteiger partial charge in [0.05, 0.1) is 12.3 Å². The number of nitrogens with one attached hydrogen (secondary N) is 1. The van der Waals surface area contributed by atoms with Gasteiger partial charge >= 0.3 is 0 Å². The zero-order chi connectivity index (χ0) is 20.1. The van der Waals surface area contributed by atoms with E-state index in [0.29, 0.717) is 28.4 Å². The number of benzene rings is 2. The monoisotopic (exact) mass is 423 g/mol. The number of halogens is 1. The lowest BCUT2D eigenvalue weighted by Gasteiger charge is -2.11. The molecule has 6 nitrogen and oxygen atoms in total. The Balaban J connectivity index is 1.51. The molecule has 0 atom stereocenters. The molecule has 0 saturated heterocycles. The van der Waals surface area contributed by atoms with Crippen molar-refractivity contribution in [2.45, 2.75) is 11.7 Å². The number of anilines is 1. The molecule has 0 spiro atoms. The standard InChI is InChI=1S/C21H18ClN5OS/c22-17-9-6-10-18(13-17)23-19(28)15-29-21-25-24-20(26-11-4-5-12-26)27(21)14-16-7-2-1-3-8-16/h1-13H,14-15H2,(H,23,28). The number of carbonyl (C=O) groups excluding carboxylic acids is 1. The molecule has 2 aromatic carbocycles. The largest absolute Gasteiger partial charge is 0.325 e. The fraction of sp³-hybridized carbons (Fsp3) is 0.0952. The van der Waals surface area contributed by atoms with Crippen molar-refractivity contribution in [3.63, 3.8) is 0 Å². The smallest absolute Gasteiger partial charge is 0.236 e. The molecular formula is C21H18ClN5OS. The van der Waals surface area contributed by atoms with Crippen molar-refractivity contribution >= 4 is 35.0 Å². The van der Waals surface area contributed by atoms with Crippen LogP contribution in [0.15, 0.2) is 84.3 Å². The van der Waals surface area contributed by atoms with Gasteiger partial charge in [-0.2, -0.15) is 0 Å². The minimum Gasteiger partial charge on any atom is -0.325 e. The van der Waals surface area contributed by atoms with E-state index in [9.17, 15) is 4.79 Å². The van der Waals surface area contributed by atoms with Crippen LogP contribution in [0.4, 0.5) is 5.69 Å². The van der Waals surface area contributed by atoms with Crippen LogP contribution in [-0.4, -0.2) is 31.0 Å². The summed E-state index contributed by atoms with van der Waals surface area (Å²) in [5.74, 6) is 0.788. The second-order valence-corrected chi connectivity index (χ2v) is 7.67. The van der Waals surface area contributed by atoms with Gasteiger partial charge in [-0.1, -0.05) is 59.8 Å². The van der Waals surface area contributed by atoms with Gasteiger partial charge in [0.1, 0.15) is 0 Å². The summed E-state index contributed by atoms with van der Waals surface area (Å²) in [5, 5.41) is 12.8. The number of amides is 1. The van der Waals surface area contributed by atoms with Crippen molar-refractivity contribution in [1.82, 2.24) is 19.3 Å². The lowest BCUT2D eigenvalue weighted by molar-refractivity contribution is -0.113. The quantitative estimate of drug-likeness (QED) is 0.444. The van der Waals surface area contributed by atoms with Crippen molar-refractivity contribution in [3.8, 4) is 5.95 Å². The predicted octanol–water partition coefficient (Wildman–Crippen LogP) is 4.50. The Morgan fingerprint density at radius 2 is 1.79 bits per heavy atom. The van der Waals surface area contributed by atoms with Crippen molar-refractivity contribution in [2.75, 3.05) is 11.1 Å². The maximum absolute atomic E-state index is 12.4. The van der Waals surface area contributed by atoms with Gasteiger partial charge in [0.25, 0.3) is 0 Å². The number of hydrogen-bond acceptors (Lipinski definition) is 4. The number of nitrogens with zero attached hydrogens (tertiary/aromatic N) is 4. The third-order valence-corrected chi connectivity index (χ3v) is 5.36. The van der Waals surface area contributed by atoms with Gasteiger partial charge in [-0.25, -0.2) is 0 Å². The normalized spacial score (nSPS) is 10.8. The molecule has 0 bridgehead atoms. The summed E-state index contributed by atoms with van der Waals surface area (Å²) in [6.45, 7) is 0.611. The Bertz CT molecular complexity index is 1100. The van der Waals surface area contributed by atoms with Crippen LogP contribution in [0.5, 0.6) is 0 Å². The van der Waals surface area contributed by atoms with Gasteiger partial charge in [-0.15, -0.1) is 10.2 Å². The maximum Gasteiger partial charge on any atom is 0.236 e. The van der Waals surface area contributed by atoms with E-state index < -0.39 is 0 Å². The highest BCUT2D eigenvalue weighted by Gasteiger charge is 2.16. The first-order valence-electron chi connectivity index (χ1n) is 8.98. The minimum atomic E-state index is -0.131. The van der Waals surface area contributed by atoms with E-state index in [1.807, 2.05) is 51.9 Å². The van der Waals surface area contributed by atoms with Crippen LogP contribution in [0.2, 0.25) is 5.02 Å². The number of carbonyl (C=O) groups is 1. The molecule has 2 heterocycles. The SMILES string of the molecule is O=C(CSc1nnc(-n2cccc2)n1Cc1ccccc1)Nc1cccc(Cl)c1. The van der Waals surface area contributed by atoms with Gasteiger partial charge < -0.3 is 5.32 Å². The van der Waals surface area contributed by atoms with E-state index in [0.717, 1.165) is 5.56 Å². The molecule has 1 amide bonds. The lowest BCUT2D eigenvalue weighted by atomic mass is 10.2. The molecule has 29 heavy (non-hydrogen) atoms. The third-order valence-electron chi connectivity index (χ3n) is 4.16. The van der Waals surface area contributed by atoms with Crippen LogP contribution >= 0.6 is 23.4 Å². The van der Waals surface area contributed by atoms with E-state index in [-0.39, 0.29) is 11.7 Å². The lowest BCUT2D eigenvalue weighted by Crippen LogP contribution is -2.15. The first kappa shape index (κ1) is 19.3. The second kappa shape index (κ2) is 8.98. The predicted molar refractivity (Wildman–Crippen MR) is 116 cm³/mol. The Kier molecular flexibility index (Phi) is 5.97. The van der Waals surface area contributed by atoms with Crippen LogP contribution in [0, 0.1) is 0 Å². The number of hydrogen-bond donors (Lipinski definition) is 1. The first-order chi connectivity index (χ1) is 14.2. The molecule has 0 radical (unpaired) electrons. The molecule has 0 fully saturated rings. The van der Waals surface area contributed by atoms with Gasteiger partial charge in [-0.05, 0) is 35.9 Å². The average Bonchev–Trinajstić information content (AvgIpc) is 3.37. The minimum absolute atomic E-state index is 0.131. The molecule has 4 aromatic rings. The van der Waals surface area contributed by atoms with Crippen LogP contribution in [0.1, 0.15) is 5.56 Å². The van der Waals surface area contributed by atoms with Crippen molar-refractivity contribution in [1.29, 1.82) is 0 Å². The Labute approximate surface area is 177 Å². The van der Waals surface area contributed by atoms with Crippen molar-refractivity contribution in [3.05, 3.63) is 89.7 Å². The molecule has 146 valence electrons. The fourth-order valence-electron chi connectivity index (χ4n) is 2.84. The molecule has 8 heteroatoms. The molecule has 0 aliphatic heterocycles. The van der Waals surface area contributed by atoms with Gasteiger partial charge in [-0.3, -0.25) is 13.9 Å². The van der Waals surface area contributed by atoms with E-state index in [2.05, 4.69) is 27.6 Å². The molecule has 0 aliphatic carbocycles. The van der Waals surface area contributed by atoms with Crippen LogP contribution in [-0.2, 0) is 11.3 Å². The number of thioether (sulfide) groups is 1. The third kappa shape index (κ3) is 4.88. The highest BCUT2D eigenvalue weighted by molar-refractivity contribution is 7.99. The molecule has 0 saturated carbocycles. The summed E-state index contributed by atoms with van der Waals surface area (Å²) >= 11 is 7.32. The summed E-state index contributed by atoms with van der Waals surface area (Å²) in [7, 11) is 0. The van der Waals surface area contributed by atoms with E-state index in [4.69, 9.17) is 11.6 Å². The number of aromatic nitrogens is 4. The van der Waals surface area contributed by atoms with Crippen LogP contribution < -0.4 is 5.32 Å². The summed E-state index contributed by atoms with van der Waals surface area (Å²) in [5.41, 5.74) is 1.80. The zero-order valence-corrected chi connectivity index (χ0v) is 17.0. The average molecular weight is 424 g/mol. The topological polar surface area (TPSA) is 64.7 Å². The van der Waals surface area contributed by atoms with E-state index in [1.54, 1.807) is 24.3 Å². The Hall–Kier alpha value is -3.03. The summed E-state index contributed by atoms with van der Waals surface area (Å²) in [6.07, 6.45) is 3.84. The highest BCUT2D eigenvalue weighted by atomic mass is 35.5. The summed E-state index contributed by atoms with van der Waals surface area (Å²) in [4.78, 5) is 12.4. The maximum atomic E-state index is 12.4. The van der Waals surface area contributed by atoms with Gasteiger partial charge in [0.2, 0.25) is 11.9 Å². The first-order valence-corrected chi connectivity index (χ1v) is 10.3. The molecule has 0 unspecified atom stereocenters. The summed E-state index contributed by atoms with van der Waals surface area (Å²) < 4.78 is 3.92. The van der Waals surface area contributed by atoms with Gasteiger partial charge in [0.15, 0.2) is 5.16 Å². The highest BCUT2D eigenvalue weighted by Crippen LogP contribution is 2.22. The number of rotatable bonds is 7. The molecule has 2 aromatic heterocycles. The zero-order valence-electron chi connectivity index (χ0n) is 15.4. The summed E-state index contributed by atoms with van der Waals surface area (Å²) in [6, 6.07) is 21.0. The van der Waals surface area contributed by atoms with Crippen LogP contribution in [0.3, 0.4) is 0 Å². The molecule has 0 aliphatic rings.